The summed E-state index contributed by atoms with van der Waals surface area (Å²) in [6.07, 6.45) is 6.69. The number of fused-ring (bicyclic) bond motifs is 1. The largest absolute Gasteiger partial charge is 0.328 e. The van der Waals surface area contributed by atoms with Crippen LogP contribution in [0.15, 0.2) is 0 Å². The molecule has 2 unspecified atom stereocenters. The fraction of sp³-hybridized carbons (Fsp3) is 1.00. The summed E-state index contributed by atoms with van der Waals surface area (Å²) in [6, 6.07) is 2.22. The third kappa shape index (κ3) is 1.81. The summed E-state index contributed by atoms with van der Waals surface area (Å²) in [5, 5.41) is 0. The van der Waals surface area contributed by atoms with Gasteiger partial charge in [0.15, 0.2) is 0 Å². The van der Waals surface area contributed by atoms with Crippen molar-refractivity contribution in [1.29, 1.82) is 0 Å². The van der Waals surface area contributed by atoms with Crippen molar-refractivity contribution in [2.24, 2.45) is 5.73 Å². The van der Waals surface area contributed by atoms with E-state index in [4.69, 9.17) is 5.73 Å². The molecule has 86 valence electrons. The zero-order valence-corrected chi connectivity index (χ0v) is 9.57. The zero-order chi connectivity index (χ0) is 10.3. The molecule has 3 nitrogen and oxygen atoms in total. The van der Waals surface area contributed by atoms with Crippen LogP contribution in [-0.2, 0) is 0 Å². The molecule has 3 heteroatoms. The van der Waals surface area contributed by atoms with Crippen molar-refractivity contribution >= 4 is 0 Å². The Balaban J connectivity index is 1.62. The van der Waals surface area contributed by atoms with Gasteiger partial charge in [-0.05, 0) is 51.7 Å². The molecule has 0 aromatic carbocycles. The van der Waals surface area contributed by atoms with E-state index < -0.39 is 0 Å². The first-order valence-corrected chi connectivity index (χ1v) is 6.58. The topological polar surface area (TPSA) is 32.5 Å². The lowest BCUT2D eigenvalue weighted by Gasteiger charge is -2.37. The van der Waals surface area contributed by atoms with E-state index in [1.807, 2.05) is 0 Å². The van der Waals surface area contributed by atoms with Crippen LogP contribution < -0.4 is 5.73 Å². The molecule has 3 heterocycles. The Kier molecular flexibility index (Phi) is 2.71. The summed E-state index contributed by atoms with van der Waals surface area (Å²) in [5.41, 5.74) is 5.97. The molecule has 3 aliphatic heterocycles. The molecule has 2 atom stereocenters. The molecule has 0 saturated carbocycles. The summed E-state index contributed by atoms with van der Waals surface area (Å²) in [4.78, 5) is 5.43. The van der Waals surface area contributed by atoms with Gasteiger partial charge in [0, 0.05) is 24.7 Å². The second-order valence-corrected chi connectivity index (χ2v) is 5.47. The third-order valence-corrected chi connectivity index (χ3v) is 4.61. The highest BCUT2D eigenvalue weighted by Crippen LogP contribution is 2.32. The van der Waals surface area contributed by atoms with E-state index >= 15 is 0 Å². The fourth-order valence-electron chi connectivity index (χ4n) is 3.73. The number of rotatable bonds is 1. The Labute approximate surface area is 92.6 Å². The van der Waals surface area contributed by atoms with Crippen molar-refractivity contribution in [3.63, 3.8) is 0 Å². The Bertz CT molecular complexity index is 223. The minimum atomic E-state index is 0.474. The number of nitrogens with zero attached hydrogens (tertiary/aromatic N) is 2. The maximum absolute atomic E-state index is 5.97. The molecule has 3 aliphatic rings. The van der Waals surface area contributed by atoms with Gasteiger partial charge in [-0.1, -0.05) is 0 Å². The predicted molar refractivity (Wildman–Crippen MR) is 61.8 cm³/mol. The fourth-order valence-corrected chi connectivity index (χ4v) is 3.73. The first kappa shape index (κ1) is 10.1. The van der Waals surface area contributed by atoms with Crippen LogP contribution in [0, 0.1) is 0 Å². The number of piperidine rings is 1. The molecule has 0 amide bonds. The van der Waals surface area contributed by atoms with Crippen molar-refractivity contribution in [1.82, 2.24) is 9.80 Å². The summed E-state index contributed by atoms with van der Waals surface area (Å²) >= 11 is 0. The number of nitrogens with two attached hydrogens (primary N) is 1. The van der Waals surface area contributed by atoms with Crippen LogP contribution in [0.4, 0.5) is 0 Å². The zero-order valence-electron chi connectivity index (χ0n) is 9.57. The van der Waals surface area contributed by atoms with E-state index in [1.165, 1.54) is 58.3 Å². The van der Waals surface area contributed by atoms with Crippen LogP contribution in [0.25, 0.3) is 0 Å². The van der Waals surface area contributed by atoms with Crippen molar-refractivity contribution < 1.29 is 0 Å². The van der Waals surface area contributed by atoms with Gasteiger partial charge < -0.3 is 5.73 Å². The second-order valence-electron chi connectivity index (χ2n) is 5.47. The minimum absolute atomic E-state index is 0.474. The van der Waals surface area contributed by atoms with Crippen LogP contribution in [0.1, 0.15) is 32.1 Å². The maximum Gasteiger partial charge on any atom is 0.0263 e. The predicted octanol–water partition coefficient (Wildman–Crippen LogP) is 0.646. The molecular weight excluding hydrogens is 186 g/mol. The van der Waals surface area contributed by atoms with Crippen molar-refractivity contribution in [3.8, 4) is 0 Å². The molecule has 0 spiro atoms. The number of likely N-dealkylation sites (tertiary alicyclic amines) is 1. The SMILES string of the molecule is NC1CCN(C2CCN3CCCC23)CC1. The average Bonchev–Trinajstić information content (AvgIpc) is 2.80. The monoisotopic (exact) mass is 209 g/mol. The Morgan fingerprint density at radius 2 is 1.33 bits per heavy atom. The van der Waals surface area contributed by atoms with Gasteiger partial charge in [0.25, 0.3) is 0 Å². The summed E-state index contributed by atoms with van der Waals surface area (Å²) in [7, 11) is 0. The second kappa shape index (κ2) is 4.04. The molecule has 0 aromatic rings. The number of hydrogen-bond donors (Lipinski definition) is 1. The van der Waals surface area contributed by atoms with Gasteiger partial charge in [-0.2, -0.15) is 0 Å². The van der Waals surface area contributed by atoms with Crippen LogP contribution in [0.2, 0.25) is 0 Å². The van der Waals surface area contributed by atoms with Crippen LogP contribution in [0.3, 0.4) is 0 Å². The summed E-state index contributed by atoms with van der Waals surface area (Å²) in [5.74, 6) is 0. The lowest BCUT2D eigenvalue weighted by atomic mass is 9.99. The molecular formula is C12H23N3. The highest BCUT2D eigenvalue weighted by atomic mass is 15.3. The van der Waals surface area contributed by atoms with Crippen molar-refractivity contribution in [2.75, 3.05) is 26.2 Å². The van der Waals surface area contributed by atoms with Gasteiger partial charge >= 0.3 is 0 Å². The highest BCUT2D eigenvalue weighted by Gasteiger charge is 2.40. The van der Waals surface area contributed by atoms with Crippen LogP contribution in [-0.4, -0.2) is 54.1 Å². The van der Waals surface area contributed by atoms with Gasteiger partial charge in [-0.25, -0.2) is 0 Å². The van der Waals surface area contributed by atoms with Crippen molar-refractivity contribution in [3.05, 3.63) is 0 Å². The van der Waals surface area contributed by atoms with Gasteiger partial charge in [0.2, 0.25) is 0 Å². The van der Waals surface area contributed by atoms with Crippen molar-refractivity contribution in [2.45, 2.75) is 50.2 Å². The highest BCUT2D eigenvalue weighted by molar-refractivity contribution is 4.97. The molecule has 2 N–H and O–H groups in total. The molecule has 0 radical (unpaired) electrons. The molecule has 15 heavy (non-hydrogen) atoms. The van der Waals surface area contributed by atoms with E-state index in [9.17, 15) is 0 Å². The van der Waals surface area contributed by atoms with Gasteiger partial charge in [0.1, 0.15) is 0 Å². The van der Waals surface area contributed by atoms with E-state index in [0.29, 0.717) is 6.04 Å². The molecule has 3 rings (SSSR count). The lowest BCUT2D eigenvalue weighted by Crippen LogP contribution is -2.48. The molecule has 0 aliphatic carbocycles. The van der Waals surface area contributed by atoms with Crippen LogP contribution in [0.5, 0.6) is 0 Å². The molecule has 3 saturated heterocycles. The van der Waals surface area contributed by atoms with Gasteiger partial charge in [0.05, 0.1) is 0 Å². The molecule has 0 aromatic heterocycles. The quantitative estimate of drug-likeness (QED) is 0.688. The average molecular weight is 209 g/mol. The Morgan fingerprint density at radius 3 is 2.13 bits per heavy atom. The maximum atomic E-state index is 5.97. The van der Waals surface area contributed by atoms with E-state index in [2.05, 4.69) is 9.80 Å². The Morgan fingerprint density at radius 1 is 0.733 bits per heavy atom. The summed E-state index contributed by atoms with van der Waals surface area (Å²) < 4.78 is 0. The Hall–Kier alpha value is -0.120. The van der Waals surface area contributed by atoms with Gasteiger partial charge in [-0.3, -0.25) is 9.80 Å². The summed E-state index contributed by atoms with van der Waals surface area (Å²) in [6.45, 7) is 5.19. The van der Waals surface area contributed by atoms with E-state index in [1.54, 1.807) is 0 Å². The standard InChI is InChI=1S/C12H23N3/c13-10-3-7-15(8-4-10)12-5-9-14-6-1-2-11(12)14/h10-12H,1-9,13H2. The van der Waals surface area contributed by atoms with Gasteiger partial charge in [-0.15, -0.1) is 0 Å². The van der Waals surface area contributed by atoms with E-state index in [-0.39, 0.29) is 0 Å². The normalized spacial score (nSPS) is 39.8. The van der Waals surface area contributed by atoms with Crippen LogP contribution >= 0.6 is 0 Å². The first-order chi connectivity index (χ1) is 7.34. The lowest BCUT2D eigenvalue weighted by molar-refractivity contribution is 0.127. The molecule has 3 fully saturated rings. The smallest absolute Gasteiger partial charge is 0.0263 e. The number of hydrogen-bond acceptors (Lipinski definition) is 3. The minimum Gasteiger partial charge on any atom is -0.328 e. The first-order valence-electron chi connectivity index (χ1n) is 6.58. The molecule has 0 bridgehead atoms. The van der Waals surface area contributed by atoms with E-state index in [0.717, 1.165) is 12.1 Å². The third-order valence-electron chi connectivity index (χ3n) is 4.61.